The van der Waals surface area contributed by atoms with Crippen LogP contribution >= 0.6 is 0 Å². The molecule has 0 saturated heterocycles. The molecule has 1 rings (SSSR count). The average molecular weight is 295 g/mol. The maximum absolute atomic E-state index is 10.1. The van der Waals surface area contributed by atoms with Gasteiger partial charge in [-0.3, -0.25) is 0 Å². The molecule has 0 aromatic heterocycles. The lowest BCUT2D eigenvalue weighted by Gasteiger charge is -2.27. The Morgan fingerprint density at radius 2 is 2.00 bits per heavy atom. The van der Waals surface area contributed by atoms with Crippen molar-refractivity contribution in [3.05, 3.63) is 23.8 Å². The molecule has 1 aromatic carbocycles. The number of ether oxygens (including phenoxy) is 2. The van der Waals surface area contributed by atoms with Crippen LogP contribution in [0.1, 0.15) is 52.1 Å². The number of aliphatic hydroxyl groups is 1. The van der Waals surface area contributed by atoms with Crippen molar-refractivity contribution in [2.45, 2.75) is 52.2 Å². The molecule has 0 aliphatic heterocycles. The monoisotopic (exact) mass is 295 g/mol. The van der Waals surface area contributed by atoms with E-state index in [2.05, 4.69) is 13.8 Å². The second-order valence-electron chi connectivity index (χ2n) is 6.24. The van der Waals surface area contributed by atoms with Gasteiger partial charge in [0.15, 0.2) is 0 Å². The Labute approximate surface area is 128 Å². The van der Waals surface area contributed by atoms with Gasteiger partial charge >= 0.3 is 0 Å². The van der Waals surface area contributed by atoms with Gasteiger partial charge in [-0.05, 0) is 38.3 Å². The smallest absolute Gasteiger partial charge is 0.127 e. The number of methoxy groups -OCH3 is 1. The highest BCUT2D eigenvalue weighted by atomic mass is 16.5. The third-order valence-electron chi connectivity index (χ3n) is 3.62. The minimum Gasteiger partial charge on any atom is -0.496 e. The van der Waals surface area contributed by atoms with Crippen LogP contribution in [0.3, 0.4) is 0 Å². The van der Waals surface area contributed by atoms with Gasteiger partial charge in [0, 0.05) is 11.6 Å². The van der Waals surface area contributed by atoms with Crippen LogP contribution in [0, 0.1) is 5.92 Å². The molecule has 0 spiro atoms. The topological polar surface area (TPSA) is 64.7 Å². The summed E-state index contributed by atoms with van der Waals surface area (Å²) in [5.41, 5.74) is 5.86. The number of rotatable bonds is 8. The van der Waals surface area contributed by atoms with E-state index in [1.807, 2.05) is 18.2 Å². The third-order valence-corrected chi connectivity index (χ3v) is 3.62. The largest absolute Gasteiger partial charge is 0.496 e. The van der Waals surface area contributed by atoms with Gasteiger partial charge in [-0.1, -0.05) is 20.3 Å². The van der Waals surface area contributed by atoms with Crippen LogP contribution in [0.2, 0.25) is 0 Å². The molecule has 4 heteroatoms. The molecule has 3 N–H and O–H groups in total. The van der Waals surface area contributed by atoms with E-state index in [0.29, 0.717) is 18.3 Å². The van der Waals surface area contributed by atoms with Gasteiger partial charge in [-0.2, -0.15) is 0 Å². The van der Waals surface area contributed by atoms with Crippen molar-refractivity contribution < 1.29 is 14.6 Å². The molecule has 0 heterocycles. The second-order valence-corrected chi connectivity index (χ2v) is 6.24. The van der Waals surface area contributed by atoms with Gasteiger partial charge in [0.25, 0.3) is 0 Å². The summed E-state index contributed by atoms with van der Waals surface area (Å²) < 4.78 is 11.2. The predicted octanol–water partition coefficient (Wildman–Crippen LogP) is 3.28. The van der Waals surface area contributed by atoms with Gasteiger partial charge in [0.2, 0.25) is 0 Å². The zero-order valence-electron chi connectivity index (χ0n) is 13.8. The summed E-state index contributed by atoms with van der Waals surface area (Å²) in [7, 11) is 1.60. The van der Waals surface area contributed by atoms with Gasteiger partial charge in [0.05, 0.1) is 25.4 Å². The number of benzene rings is 1. The molecule has 2 atom stereocenters. The Hall–Kier alpha value is -1.26. The van der Waals surface area contributed by atoms with E-state index in [-0.39, 0.29) is 0 Å². The molecule has 1 aromatic rings. The minimum atomic E-state index is -1.01. The molecule has 120 valence electrons. The summed E-state index contributed by atoms with van der Waals surface area (Å²) >= 11 is 0. The van der Waals surface area contributed by atoms with E-state index in [0.717, 1.165) is 24.2 Å². The fraction of sp³-hybridized carbons (Fsp3) is 0.647. The lowest BCUT2D eigenvalue weighted by Crippen LogP contribution is -2.35. The first kappa shape index (κ1) is 17.8. The molecular weight excluding hydrogens is 266 g/mol. The SMILES string of the molecule is CCCC(C)COc1ccc(C(N)C(C)(C)O)c(OC)c1. The lowest BCUT2D eigenvalue weighted by atomic mass is 9.92. The van der Waals surface area contributed by atoms with Gasteiger partial charge in [0.1, 0.15) is 11.5 Å². The lowest BCUT2D eigenvalue weighted by molar-refractivity contribution is 0.0508. The Balaban J connectivity index is 2.84. The summed E-state index contributed by atoms with van der Waals surface area (Å²) in [6.45, 7) is 8.42. The molecule has 2 unspecified atom stereocenters. The standard InChI is InChI=1S/C17H29NO3/c1-6-7-12(2)11-21-13-8-9-14(15(10-13)20-5)16(18)17(3,4)19/h8-10,12,16,19H,6-7,11,18H2,1-5H3. The Bertz CT molecular complexity index is 440. The first-order valence-electron chi connectivity index (χ1n) is 7.58. The summed E-state index contributed by atoms with van der Waals surface area (Å²) in [6, 6.07) is 5.06. The Morgan fingerprint density at radius 3 is 2.52 bits per heavy atom. The van der Waals surface area contributed by atoms with Crippen LogP contribution in [-0.4, -0.2) is 24.4 Å². The Kier molecular flexibility index (Phi) is 6.49. The third kappa shape index (κ3) is 5.21. The van der Waals surface area contributed by atoms with Crippen LogP contribution < -0.4 is 15.2 Å². The zero-order valence-corrected chi connectivity index (χ0v) is 13.8. The average Bonchev–Trinajstić information content (AvgIpc) is 2.43. The fourth-order valence-electron chi connectivity index (χ4n) is 2.23. The number of nitrogens with two attached hydrogens (primary N) is 1. The predicted molar refractivity (Wildman–Crippen MR) is 85.8 cm³/mol. The molecule has 21 heavy (non-hydrogen) atoms. The summed E-state index contributed by atoms with van der Waals surface area (Å²) in [4.78, 5) is 0. The second kappa shape index (κ2) is 7.66. The van der Waals surface area contributed by atoms with Crippen molar-refractivity contribution >= 4 is 0 Å². The highest BCUT2D eigenvalue weighted by Gasteiger charge is 2.27. The molecule has 0 aliphatic rings. The van der Waals surface area contributed by atoms with E-state index in [9.17, 15) is 5.11 Å². The Morgan fingerprint density at radius 1 is 1.33 bits per heavy atom. The molecule has 0 aliphatic carbocycles. The van der Waals surface area contributed by atoms with Crippen molar-refractivity contribution in [3.63, 3.8) is 0 Å². The molecule has 0 amide bonds. The highest BCUT2D eigenvalue weighted by molar-refractivity contribution is 5.43. The number of hydrogen-bond donors (Lipinski definition) is 2. The van der Waals surface area contributed by atoms with Gasteiger partial charge in [-0.15, -0.1) is 0 Å². The van der Waals surface area contributed by atoms with Crippen molar-refractivity contribution in [1.29, 1.82) is 0 Å². The zero-order chi connectivity index (χ0) is 16.0. The van der Waals surface area contributed by atoms with Crippen molar-refractivity contribution in [3.8, 4) is 11.5 Å². The molecule has 0 fully saturated rings. The summed E-state index contributed by atoms with van der Waals surface area (Å²) in [5.74, 6) is 1.94. The van der Waals surface area contributed by atoms with Crippen LogP contribution in [0.25, 0.3) is 0 Å². The normalized spacial score (nSPS) is 14.6. The minimum absolute atomic E-state index is 0.513. The molecule has 0 radical (unpaired) electrons. The maximum atomic E-state index is 10.1. The number of hydrogen-bond acceptors (Lipinski definition) is 4. The summed E-state index contributed by atoms with van der Waals surface area (Å²) in [5, 5.41) is 10.1. The maximum Gasteiger partial charge on any atom is 0.127 e. The van der Waals surface area contributed by atoms with Gasteiger partial charge < -0.3 is 20.3 Å². The first-order chi connectivity index (χ1) is 9.79. The van der Waals surface area contributed by atoms with Crippen LogP contribution in [0.4, 0.5) is 0 Å². The highest BCUT2D eigenvalue weighted by Crippen LogP contribution is 2.33. The van der Waals surface area contributed by atoms with Crippen molar-refractivity contribution in [2.24, 2.45) is 11.7 Å². The van der Waals surface area contributed by atoms with E-state index >= 15 is 0 Å². The van der Waals surface area contributed by atoms with E-state index in [1.165, 1.54) is 0 Å². The van der Waals surface area contributed by atoms with Crippen LogP contribution in [-0.2, 0) is 0 Å². The fourth-order valence-corrected chi connectivity index (χ4v) is 2.23. The van der Waals surface area contributed by atoms with Crippen molar-refractivity contribution in [1.82, 2.24) is 0 Å². The van der Waals surface area contributed by atoms with E-state index in [4.69, 9.17) is 15.2 Å². The van der Waals surface area contributed by atoms with Crippen LogP contribution in [0.15, 0.2) is 18.2 Å². The van der Waals surface area contributed by atoms with E-state index < -0.39 is 11.6 Å². The quantitative estimate of drug-likeness (QED) is 0.772. The summed E-state index contributed by atoms with van der Waals surface area (Å²) in [6.07, 6.45) is 2.31. The van der Waals surface area contributed by atoms with Gasteiger partial charge in [-0.25, -0.2) is 0 Å². The molecular formula is C17H29NO3. The van der Waals surface area contributed by atoms with Crippen LogP contribution in [0.5, 0.6) is 11.5 Å². The molecule has 4 nitrogen and oxygen atoms in total. The van der Waals surface area contributed by atoms with E-state index in [1.54, 1.807) is 21.0 Å². The first-order valence-corrected chi connectivity index (χ1v) is 7.58. The molecule has 0 bridgehead atoms. The van der Waals surface area contributed by atoms with Crippen molar-refractivity contribution in [2.75, 3.05) is 13.7 Å². The molecule has 0 saturated carbocycles.